The largest absolute Gasteiger partial charge is 0.329 e. The summed E-state index contributed by atoms with van der Waals surface area (Å²) in [6.45, 7) is 1.57. The van der Waals surface area contributed by atoms with E-state index in [1.165, 1.54) is 18.2 Å². The maximum Gasteiger partial charge on any atom is 0.329 e. The van der Waals surface area contributed by atoms with Crippen LogP contribution in [0.4, 0.5) is 14.9 Å². The number of para-hydroxylation sites is 1. The third kappa shape index (κ3) is 4.29. The van der Waals surface area contributed by atoms with E-state index in [4.69, 9.17) is 0 Å². The zero-order chi connectivity index (χ0) is 22.7. The molecule has 2 aromatic carbocycles. The number of aryl methyl sites for hydroxylation is 1. The predicted octanol–water partition coefficient (Wildman–Crippen LogP) is 3.71. The summed E-state index contributed by atoms with van der Waals surface area (Å²) in [7, 11) is 0. The van der Waals surface area contributed by atoms with Crippen molar-refractivity contribution >= 4 is 29.6 Å². The van der Waals surface area contributed by atoms with Crippen molar-refractivity contribution in [2.24, 2.45) is 0 Å². The first-order valence-corrected chi connectivity index (χ1v) is 10.1. The number of urea groups is 1. The number of nitrogens with one attached hydrogen (secondary N) is 2. The lowest BCUT2D eigenvalue weighted by atomic mass is 10.1. The smallest absolute Gasteiger partial charge is 0.324 e. The van der Waals surface area contributed by atoms with Gasteiger partial charge in [-0.25, -0.2) is 14.1 Å². The van der Waals surface area contributed by atoms with E-state index >= 15 is 0 Å². The van der Waals surface area contributed by atoms with Gasteiger partial charge in [-0.2, -0.15) is 0 Å². The molecule has 1 aliphatic heterocycles. The molecule has 1 fully saturated rings. The Labute approximate surface area is 184 Å². The number of halogens is 1. The van der Waals surface area contributed by atoms with Gasteiger partial charge in [0.1, 0.15) is 18.1 Å². The molecular formula is C24H21FN4O3. The summed E-state index contributed by atoms with van der Waals surface area (Å²) in [5.41, 5.74) is 2.98. The molecule has 3 aromatic rings. The Morgan fingerprint density at radius 1 is 1.06 bits per heavy atom. The highest BCUT2D eigenvalue weighted by Crippen LogP contribution is 2.19. The fraction of sp³-hybridized carbons (Fsp3) is 0.125. The van der Waals surface area contributed by atoms with Crippen LogP contribution in [0.25, 0.3) is 11.8 Å². The van der Waals surface area contributed by atoms with E-state index in [1.54, 1.807) is 47.2 Å². The molecule has 1 aliphatic rings. The van der Waals surface area contributed by atoms with Crippen molar-refractivity contribution in [3.8, 4) is 5.69 Å². The molecule has 0 atom stereocenters. The third-order valence-electron chi connectivity index (χ3n) is 5.11. The van der Waals surface area contributed by atoms with E-state index in [9.17, 15) is 18.8 Å². The first kappa shape index (κ1) is 21.0. The van der Waals surface area contributed by atoms with Crippen LogP contribution >= 0.6 is 0 Å². The number of hydrogen-bond donors (Lipinski definition) is 2. The fourth-order valence-electron chi connectivity index (χ4n) is 3.50. The van der Waals surface area contributed by atoms with Crippen LogP contribution in [0, 0.1) is 5.82 Å². The van der Waals surface area contributed by atoms with Crippen molar-refractivity contribution in [2.75, 3.05) is 11.9 Å². The highest BCUT2D eigenvalue weighted by molar-refractivity contribution is 6.15. The minimum Gasteiger partial charge on any atom is -0.324 e. The van der Waals surface area contributed by atoms with Crippen LogP contribution in [-0.4, -0.2) is 33.9 Å². The van der Waals surface area contributed by atoms with Crippen LogP contribution in [0.1, 0.15) is 18.2 Å². The van der Waals surface area contributed by atoms with Crippen LogP contribution in [0.5, 0.6) is 0 Å². The van der Waals surface area contributed by atoms with Crippen LogP contribution in [-0.2, 0) is 16.0 Å². The van der Waals surface area contributed by atoms with Gasteiger partial charge < -0.3 is 15.2 Å². The molecule has 1 saturated heterocycles. The molecule has 2 N–H and O–H groups in total. The summed E-state index contributed by atoms with van der Waals surface area (Å²) in [5.74, 6) is -1.42. The number of benzene rings is 2. The van der Waals surface area contributed by atoms with Gasteiger partial charge in [0.25, 0.3) is 5.91 Å². The minimum absolute atomic E-state index is 0.0545. The minimum atomic E-state index is -0.667. The molecule has 1 aromatic heterocycles. The standard InChI is InChI=1S/C24H21FN4O3/c1-2-16-6-3-4-8-20(16)26-22(30)15-29-23(31)21(27-24(29)32)14-19-7-5-13-28(19)18-11-9-17(25)10-12-18/h3-14H,2,15H2,1H3,(H,26,30)(H,27,32). The lowest BCUT2D eigenvalue weighted by Gasteiger charge is -2.13. The van der Waals surface area contributed by atoms with Crippen molar-refractivity contribution < 1.29 is 18.8 Å². The van der Waals surface area contributed by atoms with Crippen LogP contribution in [0.3, 0.4) is 0 Å². The normalized spacial score (nSPS) is 14.7. The van der Waals surface area contributed by atoms with Crippen molar-refractivity contribution in [3.05, 3.63) is 89.6 Å². The molecule has 8 heteroatoms. The molecule has 7 nitrogen and oxygen atoms in total. The maximum atomic E-state index is 13.2. The molecule has 0 saturated carbocycles. The van der Waals surface area contributed by atoms with E-state index in [1.807, 2.05) is 19.1 Å². The number of carbonyl (C=O) groups is 3. The molecule has 162 valence electrons. The van der Waals surface area contributed by atoms with E-state index in [0.29, 0.717) is 17.1 Å². The zero-order valence-corrected chi connectivity index (χ0v) is 17.3. The molecule has 32 heavy (non-hydrogen) atoms. The summed E-state index contributed by atoms with van der Waals surface area (Å²) in [4.78, 5) is 38.5. The first-order chi connectivity index (χ1) is 15.5. The van der Waals surface area contributed by atoms with Gasteiger partial charge in [-0.3, -0.25) is 9.59 Å². The number of imide groups is 1. The van der Waals surface area contributed by atoms with Crippen molar-refractivity contribution in [2.45, 2.75) is 13.3 Å². The predicted molar refractivity (Wildman–Crippen MR) is 118 cm³/mol. The number of rotatable bonds is 6. The quantitative estimate of drug-likeness (QED) is 0.460. The Bertz CT molecular complexity index is 1210. The van der Waals surface area contributed by atoms with Crippen molar-refractivity contribution in [1.82, 2.24) is 14.8 Å². The topological polar surface area (TPSA) is 83.4 Å². The SMILES string of the molecule is CCc1ccccc1NC(=O)CN1C(=O)NC(=Cc2cccn2-c2ccc(F)cc2)C1=O. The molecule has 4 rings (SSSR count). The maximum absolute atomic E-state index is 13.2. The Balaban J connectivity index is 1.50. The van der Waals surface area contributed by atoms with Gasteiger partial charge >= 0.3 is 6.03 Å². The molecule has 0 unspecified atom stereocenters. The van der Waals surface area contributed by atoms with Crippen molar-refractivity contribution in [1.29, 1.82) is 0 Å². The summed E-state index contributed by atoms with van der Waals surface area (Å²) in [6.07, 6.45) is 4.02. The Morgan fingerprint density at radius 3 is 2.56 bits per heavy atom. The monoisotopic (exact) mass is 432 g/mol. The highest BCUT2D eigenvalue weighted by atomic mass is 19.1. The second-order valence-electron chi connectivity index (χ2n) is 7.22. The highest BCUT2D eigenvalue weighted by Gasteiger charge is 2.35. The lowest BCUT2D eigenvalue weighted by Crippen LogP contribution is -2.38. The molecule has 2 heterocycles. The van der Waals surface area contributed by atoms with Crippen LogP contribution < -0.4 is 10.6 Å². The number of amides is 4. The average Bonchev–Trinajstić information content (AvgIpc) is 3.35. The van der Waals surface area contributed by atoms with E-state index in [0.717, 1.165) is 16.9 Å². The van der Waals surface area contributed by atoms with Gasteiger partial charge in [0.15, 0.2) is 0 Å². The average molecular weight is 432 g/mol. The molecule has 0 radical (unpaired) electrons. The zero-order valence-electron chi connectivity index (χ0n) is 17.3. The summed E-state index contributed by atoms with van der Waals surface area (Å²) in [5, 5.41) is 5.27. The van der Waals surface area contributed by atoms with Gasteiger partial charge in [0, 0.05) is 23.3 Å². The molecule has 0 spiro atoms. The van der Waals surface area contributed by atoms with Gasteiger partial charge in [-0.15, -0.1) is 0 Å². The second kappa shape index (κ2) is 8.89. The fourth-order valence-corrected chi connectivity index (χ4v) is 3.50. The Morgan fingerprint density at radius 2 is 1.81 bits per heavy atom. The molecule has 0 bridgehead atoms. The van der Waals surface area contributed by atoms with E-state index < -0.39 is 24.4 Å². The number of hydrogen-bond acceptors (Lipinski definition) is 3. The Kier molecular flexibility index (Phi) is 5.85. The van der Waals surface area contributed by atoms with Crippen molar-refractivity contribution in [3.63, 3.8) is 0 Å². The third-order valence-corrected chi connectivity index (χ3v) is 5.11. The number of nitrogens with zero attached hydrogens (tertiary/aromatic N) is 2. The van der Waals surface area contributed by atoms with E-state index in [-0.39, 0.29) is 11.5 Å². The molecule has 0 aliphatic carbocycles. The molecular weight excluding hydrogens is 411 g/mol. The summed E-state index contributed by atoms with van der Waals surface area (Å²) < 4.78 is 15.0. The van der Waals surface area contributed by atoms with Crippen LogP contribution in [0.15, 0.2) is 72.6 Å². The van der Waals surface area contributed by atoms with Gasteiger partial charge in [-0.1, -0.05) is 25.1 Å². The summed E-state index contributed by atoms with van der Waals surface area (Å²) in [6, 6.07) is 16.1. The number of anilines is 1. The number of carbonyl (C=O) groups excluding carboxylic acids is 3. The van der Waals surface area contributed by atoms with Gasteiger partial charge in [0.05, 0.1) is 0 Å². The molecule has 4 amide bonds. The van der Waals surface area contributed by atoms with Gasteiger partial charge in [-0.05, 0) is 60.5 Å². The number of aromatic nitrogens is 1. The first-order valence-electron chi connectivity index (χ1n) is 10.1. The summed E-state index contributed by atoms with van der Waals surface area (Å²) >= 11 is 0. The van der Waals surface area contributed by atoms with E-state index in [2.05, 4.69) is 10.6 Å². The Hall–Kier alpha value is -4.20. The second-order valence-corrected chi connectivity index (χ2v) is 7.22. The van der Waals surface area contributed by atoms with Gasteiger partial charge in [0.2, 0.25) is 5.91 Å². The van der Waals surface area contributed by atoms with Crippen LogP contribution in [0.2, 0.25) is 0 Å². The lowest BCUT2D eigenvalue weighted by molar-refractivity contribution is -0.127.